The van der Waals surface area contributed by atoms with Gasteiger partial charge in [-0.1, -0.05) is 6.92 Å². The van der Waals surface area contributed by atoms with Gasteiger partial charge in [0.15, 0.2) is 0 Å². The highest BCUT2D eigenvalue weighted by Gasteiger charge is 2.32. The first kappa shape index (κ1) is 13.9. The van der Waals surface area contributed by atoms with E-state index in [1.165, 1.54) is 6.26 Å². The Labute approximate surface area is 98.6 Å². The molecule has 0 atom stereocenters. The number of aliphatic hydroxyl groups is 1. The lowest BCUT2D eigenvalue weighted by Gasteiger charge is -2.38. The van der Waals surface area contributed by atoms with Gasteiger partial charge in [-0.15, -0.1) is 0 Å². The monoisotopic (exact) mass is 249 g/mol. The van der Waals surface area contributed by atoms with Crippen LogP contribution in [0.2, 0.25) is 0 Å². The molecule has 0 amide bonds. The van der Waals surface area contributed by atoms with Gasteiger partial charge in [0.1, 0.15) is 9.84 Å². The summed E-state index contributed by atoms with van der Waals surface area (Å²) in [7, 11) is -2.96. The molecule has 0 radical (unpaired) electrons. The van der Waals surface area contributed by atoms with Crippen LogP contribution in [0.25, 0.3) is 0 Å². The molecule has 5 heteroatoms. The molecule has 96 valence electrons. The summed E-state index contributed by atoms with van der Waals surface area (Å²) in [5, 5.41) is 10.2. The maximum absolute atomic E-state index is 11.1. The summed E-state index contributed by atoms with van der Waals surface area (Å²) < 4.78 is 22.1. The van der Waals surface area contributed by atoms with Gasteiger partial charge in [0.25, 0.3) is 0 Å². The van der Waals surface area contributed by atoms with E-state index in [1.54, 1.807) is 0 Å². The van der Waals surface area contributed by atoms with E-state index in [9.17, 15) is 13.5 Å². The highest BCUT2D eigenvalue weighted by molar-refractivity contribution is 7.90. The second kappa shape index (κ2) is 5.47. The first-order chi connectivity index (χ1) is 7.35. The molecule has 1 saturated heterocycles. The zero-order valence-electron chi connectivity index (χ0n) is 10.3. The van der Waals surface area contributed by atoms with Gasteiger partial charge in [0.05, 0.1) is 11.4 Å². The Hall–Kier alpha value is -0.130. The Kier molecular flexibility index (Phi) is 4.76. The number of hydrogen-bond acceptors (Lipinski definition) is 4. The number of hydrogen-bond donors (Lipinski definition) is 1. The molecule has 0 aromatic heterocycles. The molecule has 0 bridgehead atoms. The lowest BCUT2D eigenvalue weighted by molar-refractivity contribution is -0.0231. The molecule has 4 nitrogen and oxygen atoms in total. The lowest BCUT2D eigenvalue weighted by Crippen LogP contribution is -2.45. The van der Waals surface area contributed by atoms with E-state index in [4.69, 9.17) is 0 Å². The Morgan fingerprint density at radius 2 is 1.88 bits per heavy atom. The number of piperidine rings is 1. The summed E-state index contributed by atoms with van der Waals surface area (Å²) >= 11 is 0. The summed E-state index contributed by atoms with van der Waals surface area (Å²) in [4.78, 5) is 2.33. The van der Waals surface area contributed by atoms with Crippen LogP contribution in [0.15, 0.2) is 0 Å². The molecule has 0 spiro atoms. The number of sulfone groups is 1. The summed E-state index contributed by atoms with van der Waals surface area (Å²) in [5.41, 5.74) is -0.757. The number of rotatable bonds is 5. The van der Waals surface area contributed by atoms with E-state index in [0.29, 0.717) is 19.3 Å². The molecule has 0 unspecified atom stereocenters. The van der Waals surface area contributed by atoms with Crippen molar-refractivity contribution >= 4 is 9.84 Å². The van der Waals surface area contributed by atoms with Gasteiger partial charge in [-0.2, -0.15) is 0 Å². The third kappa shape index (κ3) is 4.80. The smallest absolute Gasteiger partial charge is 0.147 e. The van der Waals surface area contributed by atoms with Crippen molar-refractivity contribution in [2.24, 2.45) is 0 Å². The minimum absolute atomic E-state index is 0.0945. The first-order valence-electron chi connectivity index (χ1n) is 5.97. The Balaban J connectivity index is 2.38. The zero-order chi connectivity index (χ0) is 12.2. The van der Waals surface area contributed by atoms with Gasteiger partial charge in [-0.25, -0.2) is 8.42 Å². The first-order valence-corrected chi connectivity index (χ1v) is 8.03. The standard InChI is InChI=1S/C11H23NO3S/c1-3-7-12-8-4-11(13,5-9-12)6-10-16(2,14)15/h13H,3-10H2,1-2H3. The van der Waals surface area contributed by atoms with Crippen molar-refractivity contribution in [2.45, 2.75) is 38.2 Å². The van der Waals surface area contributed by atoms with Crippen molar-refractivity contribution in [3.63, 3.8) is 0 Å². The second-order valence-electron chi connectivity index (χ2n) is 4.95. The molecule has 0 aromatic carbocycles. The second-order valence-corrected chi connectivity index (χ2v) is 7.21. The summed E-state index contributed by atoms with van der Waals surface area (Å²) in [5.74, 6) is 0.0945. The SMILES string of the molecule is CCCN1CCC(O)(CCS(C)(=O)=O)CC1. The van der Waals surface area contributed by atoms with E-state index in [1.807, 2.05) is 0 Å². The quantitative estimate of drug-likeness (QED) is 0.777. The van der Waals surface area contributed by atoms with Crippen LogP contribution in [0.4, 0.5) is 0 Å². The molecule has 0 aromatic rings. The topological polar surface area (TPSA) is 57.6 Å². The molecule has 1 aliphatic rings. The molecule has 16 heavy (non-hydrogen) atoms. The lowest BCUT2D eigenvalue weighted by atomic mass is 9.89. The molecule has 0 saturated carbocycles. The molecular weight excluding hydrogens is 226 g/mol. The van der Waals surface area contributed by atoms with Crippen LogP contribution in [-0.4, -0.2) is 55.7 Å². The van der Waals surface area contributed by atoms with Crippen molar-refractivity contribution in [3.05, 3.63) is 0 Å². The van der Waals surface area contributed by atoms with Crippen molar-refractivity contribution in [2.75, 3.05) is 31.6 Å². The number of likely N-dealkylation sites (tertiary alicyclic amines) is 1. The fourth-order valence-corrected chi connectivity index (χ4v) is 2.89. The van der Waals surface area contributed by atoms with Gasteiger partial charge in [0, 0.05) is 19.3 Å². The predicted octanol–water partition coefficient (Wildman–Crippen LogP) is 0.658. The molecular formula is C11H23NO3S. The predicted molar refractivity (Wildman–Crippen MR) is 65.2 cm³/mol. The average molecular weight is 249 g/mol. The van der Waals surface area contributed by atoms with Crippen LogP contribution in [0.5, 0.6) is 0 Å². The van der Waals surface area contributed by atoms with Crippen LogP contribution in [0, 0.1) is 0 Å². The summed E-state index contributed by atoms with van der Waals surface area (Å²) in [6, 6.07) is 0. The van der Waals surface area contributed by atoms with Crippen molar-refractivity contribution in [3.8, 4) is 0 Å². The van der Waals surface area contributed by atoms with E-state index in [-0.39, 0.29) is 5.75 Å². The molecule has 1 aliphatic heterocycles. The van der Waals surface area contributed by atoms with Crippen molar-refractivity contribution in [1.29, 1.82) is 0 Å². The minimum Gasteiger partial charge on any atom is -0.390 e. The molecule has 1 heterocycles. The maximum Gasteiger partial charge on any atom is 0.147 e. The largest absolute Gasteiger partial charge is 0.390 e. The van der Waals surface area contributed by atoms with Crippen molar-refractivity contribution < 1.29 is 13.5 Å². The van der Waals surface area contributed by atoms with Gasteiger partial charge < -0.3 is 10.0 Å². The van der Waals surface area contributed by atoms with Gasteiger partial charge in [-0.05, 0) is 32.2 Å². The van der Waals surface area contributed by atoms with E-state index >= 15 is 0 Å². The van der Waals surface area contributed by atoms with Crippen molar-refractivity contribution in [1.82, 2.24) is 4.90 Å². The van der Waals surface area contributed by atoms with Crippen LogP contribution in [-0.2, 0) is 9.84 Å². The maximum atomic E-state index is 11.1. The highest BCUT2D eigenvalue weighted by atomic mass is 32.2. The summed E-state index contributed by atoms with van der Waals surface area (Å²) in [6.45, 7) is 4.98. The van der Waals surface area contributed by atoms with Gasteiger partial charge in [0.2, 0.25) is 0 Å². The molecule has 1 N–H and O–H groups in total. The van der Waals surface area contributed by atoms with Crippen LogP contribution >= 0.6 is 0 Å². The zero-order valence-corrected chi connectivity index (χ0v) is 11.1. The molecule has 1 fully saturated rings. The van der Waals surface area contributed by atoms with Gasteiger partial charge in [-0.3, -0.25) is 0 Å². The van der Waals surface area contributed by atoms with Gasteiger partial charge >= 0.3 is 0 Å². The Bertz CT molecular complexity index is 305. The van der Waals surface area contributed by atoms with Crippen LogP contribution in [0.3, 0.4) is 0 Å². The fraction of sp³-hybridized carbons (Fsp3) is 1.00. The van der Waals surface area contributed by atoms with E-state index < -0.39 is 15.4 Å². The third-order valence-electron chi connectivity index (χ3n) is 3.26. The fourth-order valence-electron chi connectivity index (χ4n) is 2.13. The summed E-state index contributed by atoms with van der Waals surface area (Å²) in [6.07, 6.45) is 4.13. The van der Waals surface area contributed by atoms with Crippen LogP contribution < -0.4 is 0 Å². The molecule has 0 aliphatic carbocycles. The third-order valence-corrected chi connectivity index (χ3v) is 4.21. The minimum atomic E-state index is -2.96. The highest BCUT2D eigenvalue weighted by Crippen LogP contribution is 2.26. The normalized spacial score (nSPS) is 22.2. The Morgan fingerprint density at radius 3 is 2.31 bits per heavy atom. The van der Waals surface area contributed by atoms with E-state index in [2.05, 4.69) is 11.8 Å². The number of nitrogens with zero attached hydrogens (tertiary/aromatic N) is 1. The van der Waals surface area contributed by atoms with E-state index in [0.717, 1.165) is 26.1 Å². The average Bonchev–Trinajstić information content (AvgIpc) is 2.19. The molecule has 1 rings (SSSR count). The Morgan fingerprint density at radius 1 is 1.31 bits per heavy atom. The van der Waals surface area contributed by atoms with Crippen LogP contribution in [0.1, 0.15) is 32.6 Å².